The average Bonchev–Trinajstić information content (AvgIpc) is 2.38. The molecule has 0 radical (unpaired) electrons. The topological polar surface area (TPSA) is 86.7 Å². The first-order valence-corrected chi connectivity index (χ1v) is 7.93. The summed E-state index contributed by atoms with van der Waals surface area (Å²) in [6, 6.07) is 0.0872. The van der Waals surface area contributed by atoms with Gasteiger partial charge in [-0.3, -0.25) is 14.4 Å². The molecule has 0 spiro atoms. The highest BCUT2D eigenvalue weighted by molar-refractivity contribution is 8.00. The lowest BCUT2D eigenvalue weighted by molar-refractivity contribution is -0.136. The second-order valence-electron chi connectivity index (χ2n) is 5.21. The molecule has 0 bridgehead atoms. The molecule has 1 aliphatic rings. The van der Waals surface area contributed by atoms with E-state index in [1.165, 1.54) is 0 Å². The van der Waals surface area contributed by atoms with Crippen LogP contribution >= 0.6 is 11.8 Å². The molecule has 1 saturated heterocycles. The Labute approximate surface area is 123 Å². The summed E-state index contributed by atoms with van der Waals surface area (Å²) in [5.41, 5.74) is 0. The molecule has 1 fully saturated rings. The second-order valence-corrected chi connectivity index (χ2v) is 6.19. The Morgan fingerprint density at radius 2 is 1.85 bits per heavy atom. The van der Waals surface area contributed by atoms with E-state index in [1.54, 1.807) is 0 Å². The number of hydrogen-bond acceptors (Lipinski definition) is 4. The van der Waals surface area contributed by atoms with Crippen molar-refractivity contribution in [2.75, 3.05) is 24.6 Å². The minimum absolute atomic E-state index is 0.00793. The highest BCUT2D eigenvalue weighted by atomic mass is 32.2. The molecule has 0 aromatic heterocycles. The van der Waals surface area contributed by atoms with E-state index in [0.717, 1.165) is 24.6 Å². The molecule has 1 heterocycles. The lowest BCUT2D eigenvalue weighted by Crippen LogP contribution is -2.47. The highest BCUT2D eigenvalue weighted by Crippen LogP contribution is 2.13. The number of likely N-dealkylation sites (tertiary alicyclic amines) is 1. The average molecular weight is 302 g/mol. The van der Waals surface area contributed by atoms with Crippen molar-refractivity contribution in [2.24, 2.45) is 5.92 Å². The molecule has 6 nitrogen and oxygen atoms in total. The van der Waals surface area contributed by atoms with Crippen LogP contribution in [-0.4, -0.2) is 58.4 Å². The predicted octanol–water partition coefficient (Wildman–Crippen LogP) is 0.567. The molecular weight excluding hydrogens is 280 g/mol. The fourth-order valence-corrected chi connectivity index (χ4v) is 2.66. The Bertz CT molecular complexity index is 365. The van der Waals surface area contributed by atoms with Gasteiger partial charge >= 0.3 is 5.97 Å². The van der Waals surface area contributed by atoms with Crippen molar-refractivity contribution in [3.05, 3.63) is 0 Å². The smallest absolute Gasteiger partial charge is 0.313 e. The summed E-state index contributed by atoms with van der Waals surface area (Å²) in [5.74, 6) is -0.778. The minimum Gasteiger partial charge on any atom is -0.481 e. The molecule has 20 heavy (non-hydrogen) atoms. The number of carbonyl (C=O) groups is 3. The Hall–Kier alpha value is -1.24. The van der Waals surface area contributed by atoms with Gasteiger partial charge in [-0.15, -0.1) is 11.8 Å². The van der Waals surface area contributed by atoms with Crippen LogP contribution in [0.2, 0.25) is 0 Å². The molecule has 114 valence electrons. The molecule has 2 amide bonds. The molecule has 2 N–H and O–H groups in total. The maximum Gasteiger partial charge on any atom is 0.313 e. The zero-order valence-electron chi connectivity index (χ0n) is 11.9. The number of nitrogens with one attached hydrogen (secondary N) is 1. The van der Waals surface area contributed by atoms with Crippen LogP contribution in [0.4, 0.5) is 0 Å². The van der Waals surface area contributed by atoms with E-state index in [4.69, 9.17) is 5.11 Å². The first-order valence-electron chi connectivity index (χ1n) is 6.78. The number of carboxylic acid groups (broad SMARTS) is 1. The van der Waals surface area contributed by atoms with Gasteiger partial charge in [0, 0.05) is 25.0 Å². The van der Waals surface area contributed by atoms with Crippen molar-refractivity contribution in [1.82, 2.24) is 10.2 Å². The van der Waals surface area contributed by atoms with Gasteiger partial charge in [0.05, 0.1) is 11.5 Å². The summed E-state index contributed by atoms with van der Waals surface area (Å²) in [4.78, 5) is 35.6. The normalized spacial score (nSPS) is 16.2. The first-order chi connectivity index (χ1) is 9.40. The number of hydrogen-bond donors (Lipinski definition) is 2. The van der Waals surface area contributed by atoms with Crippen molar-refractivity contribution in [1.29, 1.82) is 0 Å². The van der Waals surface area contributed by atoms with Crippen molar-refractivity contribution in [3.63, 3.8) is 0 Å². The van der Waals surface area contributed by atoms with Gasteiger partial charge in [-0.25, -0.2) is 0 Å². The van der Waals surface area contributed by atoms with Gasteiger partial charge in [0.25, 0.3) is 0 Å². The summed E-state index contributed by atoms with van der Waals surface area (Å²) in [5, 5.41) is 11.4. The molecule has 0 atom stereocenters. The number of carbonyl (C=O) groups excluding carboxylic acids is 2. The Morgan fingerprint density at radius 3 is 2.35 bits per heavy atom. The predicted molar refractivity (Wildman–Crippen MR) is 77.5 cm³/mol. The van der Waals surface area contributed by atoms with Gasteiger partial charge in [0.15, 0.2) is 0 Å². The largest absolute Gasteiger partial charge is 0.481 e. The lowest BCUT2D eigenvalue weighted by Gasteiger charge is -2.33. The van der Waals surface area contributed by atoms with Crippen molar-refractivity contribution < 1.29 is 19.5 Å². The zero-order chi connectivity index (χ0) is 15.1. The van der Waals surface area contributed by atoms with E-state index >= 15 is 0 Å². The van der Waals surface area contributed by atoms with Gasteiger partial charge in [-0.05, 0) is 12.8 Å². The third-order valence-corrected chi connectivity index (χ3v) is 4.04. The van der Waals surface area contributed by atoms with Crippen LogP contribution in [-0.2, 0) is 14.4 Å². The highest BCUT2D eigenvalue weighted by Gasteiger charge is 2.24. The van der Waals surface area contributed by atoms with Crippen LogP contribution in [0, 0.1) is 5.92 Å². The SMILES string of the molecule is CC(C)C(=O)N1CCC(NC(=O)CSCC(=O)O)CC1. The molecule has 7 heteroatoms. The number of carboxylic acids is 1. The Balaban J connectivity index is 2.23. The number of rotatable bonds is 6. The summed E-state index contributed by atoms with van der Waals surface area (Å²) < 4.78 is 0. The Kier molecular flexibility index (Phi) is 6.84. The lowest BCUT2D eigenvalue weighted by atomic mass is 10.0. The van der Waals surface area contributed by atoms with E-state index in [2.05, 4.69) is 5.32 Å². The van der Waals surface area contributed by atoms with Crippen LogP contribution in [0.1, 0.15) is 26.7 Å². The summed E-state index contributed by atoms with van der Waals surface area (Å²) >= 11 is 1.09. The van der Waals surface area contributed by atoms with Crippen LogP contribution < -0.4 is 5.32 Å². The fraction of sp³-hybridized carbons (Fsp3) is 0.769. The first kappa shape index (κ1) is 16.8. The van der Waals surface area contributed by atoms with Gasteiger partial charge in [-0.2, -0.15) is 0 Å². The fourth-order valence-electron chi connectivity index (χ4n) is 2.11. The Morgan fingerprint density at radius 1 is 1.25 bits per heavy atom. The van der Waals surface area contributed by atoms with E-state index in [0.29, 0.717) is 13.1 Å². The van der Waals surface area contributed by atoms with Gasteiger partial charge in [0.1, 0.15) is 0 Å². The number of piperidine rings is 1. The monoisotopic (exact) mass is 302 g/mol. The van der Waals surface area contributed by atoms with Crippen LogP contribution in [0.3, 0.4) is 0 Å². The van der Waals surface area contributed by atoms with Crippen molar-refractivity contribution in [3.8, 4) is 0 Å². The zero-order valence-corrected chi connectivity index (χ0v) is 12.7. The van der Waals surface area contributed by atoms with Gasteiger partial charge in [-0.1, -0.05) is 13.8 Å². The third-order valence-electron chi connectivity index (χ3n) is 3.12. The molecule has 0 unspecified atom stereocenters. The standard InChI is InChI=1S/C13H22N2O4S/c1-9(2)13(19)15-5-3-10(4-6-15)14-11(16)7-20-8-12(17)18/h9-10H,3-8H2,1-2H3,(H,14,16)(H,17,18). The van der Waals surface area contributed by atoms with E-state index in [9.17, 15) is 14.4 Å². The van der Waals surface area contributed by atoms with Gasteiger partial charge in [0.2, 0.25) is 11.8 Å². The second kappa shape index (κ2) is 8.14. The molecule has 0 aromatic rings. The van der Waals surface area contributed by atoms with Crippen LogP contribution in [0.15, 0.2) is 0 Å². The number of aliphatic carboxylic acids is 1. The molecular formula is C13H22N2O4S. The van der Waals surface area contributed by atoms with Crippen molar-refractivity contribution >= 4 is 29.5 Å². The molecule has 1 aliphatic heterocycles. The molecule has 1 rings (SSSR count). The maximum atomic E-state index is 11.8. The number of nitrogens with zero attached hydrogens (tertiary/aromatic N) is 1. The van der Waals surface area contributed by atoms with E-state index in [1.807, 2.05) is 18.7 Å². The summed E-state index contributed by atoms with van der Waals surface area (Å²) in [6.07, 6.45) is 1.52. The van der Waals surface area contributed by atoms with Crippen molar-refractivity contribution in [2.45, 2.75) is 32.7 Å². The summed E-state index contributed by atoms with van der Waals surface area (Å²) in [7, 11) is 0. The number of amides is 2. The van der Waals surface area contributed by atoms with E-state index < -0.39 is 5.97 Å². The third kappa shape index (κ3) is 5.81. The van der Waals surface area contributed by atoms with E-state index in [-0.39, 0.29) is 35.3 Å². The van der Waals surface area contributed by atoms with Gasteiger partial charge < -0.3 is 15.3 Å². The summed E-state index contributed by atoms with van der Waals surface area (Å²) in [6.45, 7) is 5.11. The molecule has 0 saturated carbocycles. The number of thioether (sulfide) groups is 1. The van der Waals surface area contributed by atoms with Crippen LogP contribution in [0.25, 0.3) is 0 Å². The quantitative estimate of drug-likeness (QED) is 0.749. The molecule has 0 aliphatic carbocycles. The molecule has 0 aromatic carbocycles. The van der Waals surface area contributed by atoms with Crippen LogP contribution in [0.5, 0.6) is 0 Å². The minimum atomic E-state index is -0.914. The maximum absolute atomic E-state index is 11.8.